The second-order valence-electron chi connectivity index (χ2n) is 6.08. The highest BCUT2D eigenvalue weighted by Gasteiger charge is 2.25. The zero-order valence-electron chi connectivity index (χ0n) is 11.9. The summed E-state index contributed by atoms with van der Waals surface area (Å²) in [5.41, 5.74) is 2.16. The molecule has 20 heavy (non-hydrogen) atoms. The van der Waals surface area contributed by atoms with Crippen LogP contribution in [0.2, 0.25) is 0 Å². The Hall–Kier alpha value is -0.870. The Kier molecular flexibility index (Phi) is 4.41. The molecule has 1 aromatic heterocycles. The summed E-state index contributed by atoms with van der Waals surface area (Å²) in [5, 5.41) is 15.0. The van der Waals surface area contributed by atoms with Crippen LogP contribution in [0.5, 0.6) is 0 Å². The van der Waals surface area contributed by atoms with E-state index in [1.807, 2.05) is 5.38 Å². The maximum absolute atomic E-state index is 12.3. The molecule has 0 radical (unpaired) electrons. The van der Waals surface area contributed by atoms with Gasteiger partial charge in [-0.1, -0.05) is 12.8 Å². The fraction of sp³-hybridized carbons (Fsp3) is 0.688. The lowest BCUT2D eigenvalue weighted by atomic mass is 9.86. The summed E-state index contributed by atoms with van der Waals surface area (Å²) in [7, 11) is 0. The van der Waals surface area contributed by atoms with E-state index in [1.54, 1.807) is 11.3 Å². The number of fused-ring (bicyclic) bond motifs is 1. The van der Waals surface area contributed by atoms with Crippen molar-refractivity contribution in [1.29, 1.82) is 0 Å². The number of thiophene rings is 1. The highest BCUT2D eigenvalue weighted by Crippen LogP contribution is 2.30. The van der Waals surface area contributed by atoms with Crippen molar-refractivity contribution in [3.63, 3.8) is 0 Å². The molecular weight excluding hydrogens is 270 g/mol. The molecule has 4 heteroatoms. The SMILES string of the molecule is O=C(NCC1CCCCC1O)c1csc2c1CCCC2. The highest BCUT2D eigenvalue weighted by atomic mass is 32.1. The molecule has 0 spiro atoms. The standard InChI is InChI=1S/C16H23NO2S/c18-14-7-3-1-5-11(14)9-17-16(19)13-10-20-15-8-4-2-6-12(13)15/h10-11,14,18H,1-9H2,(H,17,19). The molecule has 0 aliphatic heterocycles. The van der Waals surface area contributed by atoms with Crippen LogP contribution in [0.15, 0.2) is 5.38 Å². The van der Waals surface area contributed by atoms with Gasteiger partial charge < -0.3 is 10.4 Å². The van der Waals surface area contributed by atoms with Gasteiger partial charge in [-0.05, 0) is 44.1 Å². The van der Waals surface area contributed by atoms with Gasteiger partial charge in [0.1, 0.15) is 0 Å². The first-order chi connectivity index (χ1) is 9.75. The van der Waals surface area contributed by atoms with Crippen molar-refractivity contribution in [2.75, 3.05) is 6.54 Å². The molecule has 1 saturated carbocycles. The van der Waals surface area contributed by atoms with Crippen LogP contribution in [0.4, 0.5) is 0 Å². The predicted molar refractivity (Wildman–Crippen MR) is 81.3 cm³/mol. The monoisotopic (exact) mass is 293 g/mol. The van der Waals surface area contributed by atoms with Gasteiger partial charge in [-0.25, -0.2) is 0 Å². The summed E-state index contributed by atoms with van der Waals surface area (Å²) in [6, 6.07) is 0. The molecule has 2 unspecified atom stereocenters. The normalized spacial score (nSPS) is 26.1. The van der Waals surface area contributed by atoms with Gasteiger partial charge in [-0.2, -0.15) is 0 Å². The summed E-state index contributed by atoms with van der Waals surface area (Å²) in [6.07, 6.45) is 8.60. The van der Waals surface area contributed by atoms with Crippen LogP contribution < -0.4 is 5.32 Å². The van der Waals surface area contributed by atoms with E-state index in [1.165, 1.54) is 29.7 Å². The smallest absolute Gasteiger partial charge is 0.252 e. The summed E-state index contributed by atoms with van der Waals surface area (Å²) in [5.74, 6) is 0.296. The van der Waals surface area contributed by atoms with Crippen molar-refractivity contribution in [3.05, 3.63) is 21.4 Å². The maximum Gasteiger partial charge on any atom is 0.252 e. The molecule has 110 valence electrons. The average Bonchev–Trinajstić information content (AvgIpc) is 2.90. The quantitative estimate of drug-likeness (QED) is 0.900. The molecule has 3 rings (SSSR count). The van der Waals surface area contributed by atoms with Crippen molar-refractivity contribution < 1.29 is 9.90 Å². The fourth-order valence-electron chi connectivity index (χ4n) is 3.43. The Balaban J connectivity index is 1.60. The Labute approximate surface area is 124 Å². The molecule has 0 bridgehead atoms. The van der Waals surface area contributed by atoms with Crippen LogP contribution in [0.25, 0.3) is 0 Å². The van der Waals surface area contributed by atoms with E-state index in [-0.39, 0.29) is 17.9 Å². The van der Waals surface area contributed by atoms with Gasteiger partial charge in [0.15, 0.2) is 0 Å². The lowest BCUT2D eigenvalue weighted by Gasteiger charge is -2.27. The molecule has 1 aromatic rings. The van der Waals surface area contributed by atoms with Crippen LogP contribution in [0.1, 0.15) is 59.3 Å². The second kappa shape index (κ2) is 6.27. The number of aryl methyl sites for hydroxylation is 1. The van der Waals surface area contributed by atoms with Crippen LogP contribution in [0.3, 0.4) is 0 Å². The van der Waals surface area contributed by atoms with Gasteiger partial charge in [0.25, 0.3) is 5.91 Å². The maximum atomic E-state index is 12.3. The second-order valence-corrected chi connectivity index (χ2v) is 7.04. The Bertz CT molecular complexity index is 483. The summed E-state index contributed by atoms with van der Waals surface area (Å²) >= 11 is 1.73. The molecule has 2 atom stereocenters. The van der Waals surface area contributed by atoms with Crippen LogP contribution in [-0.4, -0.2) is 23.7 Å². The van der Waals surface area contributed by atoms with E-state index in [4.69, 9.17) is 0 Å². The molecule has 1 fully saturated rings. The highest BCUT2D eigenvalue weighted by molar-refractivity contribution is 7.10. The molecule has 1 heterocycles. The molecule has 2 N–H and O–H groups in total. The first-order valence-electron chi connectivity index (χ1n) is 7.81. The zero-order chi connectivity index (χ0) is 13.9. The third kappa shape index (κ3) is 2.91. The Morgan fingerprint density at radius 3 is 2.90 bits per heavy atom. The summed E-state index contributed by atoms with van der Waals surface area (Å²) in [4.78, 5) is 13.7. The van der Waals surface area contributed by atoms with Crippen molar-refractivity contribution >= 4 is 17.2 Å². The Morgan fingerprint density at radius 2 is 2.05 bits per heavy atom. The van der Waals surface area contributed by atoms with Crippen LogP contribution >= 0.6 is 11.3 Å². The van der Waals surface area contributed by atoms with Gasteiger partial charge in [-0.15, -0.1) is 11.3 Å². The van der Waals surface area contributed by atoms with E-state index in [9.17, 15) is 9.90 Å². The Morgan fingerprint density at radius 1 is 1.25 bits per heavy atom. The molecule has 3 nitrogen and oxygen atoms in total. The number of carbonyl (C=O) groups excluding carboxylic acids is 1. The number of carbonyl (C=O) groups is 1. The topological polar surface area (TPSA) is 49.3 Å². The van der Waals surface area contributed by atoms with Crippen molar-refractivity contribution in [2.45, 2.75) is 57.5 Å². The van der Waals surface area contributed by atoms with E-state index in [0.717, 1.165) is 37.7 Å². The first-order valence-corrected chi connectivity index (χ1v) is 8.69. The van der Waals surface area contributed by atoms with Crippen LogP contribution in [0, 0.1) is 5.92 Å². The number of hydrogen-bond donors (Lipinski definition) is 2. The summed E-state index contributed by atoms with van der Waals surface area (Å²) in [6.45, 7) is 0.616. The molecule has 1 amide bonds. The summed E-state index contributed by atoms with van der Waals surface area (Å²) < 4.78 is 0. The third-order valence-corrected chi connectivity index (χ3v) is 5.79. The van der Waals surface area contributed by atoms with Gasteiger partial charge in [-0.3, -0.25) is 4.79 Å². The van der Waals surface area contributed by atoms with E-state index in [2.05, 4.69) is 5.32 Å². The van der Waals surface area contributed by atoms with Gasteiger partial charge in [0.05, 0.1) is 11.7 Å². The van der Waals surface area contributed by atoms with Crippen molar-refractivity contribution in [1.82, 2.24) is 5.32 Å². The predicted octanol–water partition coefficient (Wildman–Crippen LogP) is 2.91. The first kappa shape index (κ1) is 14.1. The van der Waals surface area contributed by atoms with E-state index < -0.39 is 0 Å². The molecule has 2 aliphatic carbocycles. The van der Waals surface area contributed by atoms with E-state index in [0.29, 0.717) is 6.54 Å². The number of amides is 1. The van der Waals surface area contributed by atoms with Crippen LogP contribution in [-0.2, 0) is 12.8 Å². The molecule has 0 aromatic carbocycles. The van der Waals surface area contributed by atoms with Gasteiger partial charge in [0.2, 0.25) is 0 Å². The van der Waals surface area contributed by atoms with Crippen molar-refractivity contribution in [2.24, 2.45) is 5.92 Å². The third-order valence-electron chi connectivity index (χ3n) is 4.70. The minimum absolute atomic E-state index is 0.0576. The molecular formula is C16H23NO2S. The van der Waals surface area contributed by atoms with E-state index >= 15 is 0 Å². The number of rotatable bonds is 3. The molecule has 0 saturated heterocycles. The minimum Gasteiger partial charge on any atom is -0.393 e. The number of hydrogen-bond acceptors (Lipinski definition) is 3. The number of nitrogens with one attached hydrogen (secondary N) is 1. The minimum atomic E-state index is -0.236. The van der Waals surface area contributed by atoms with Gasteiger partial charge >= 0.3 is 0 Å². The lowest BCUT2D eigenvalue weighted by molar-refractivity contribution is 0.0663. The number of aliphatic hydroxyl groups excluding tert-OH is 1. The van der Waals surface area contributed by atoms with Gasteiger partial charge in [0, 0.05) is 22.7 Å². The largest absolute Gasteiger partial charge is 0.393 e. The fourth-order valence-corrected chi connectivity index (χ4v) is 4.56. The number of aliphatic hydroxyl groups is 1. The zero-order valence-corrected chi connectivity index (χ0v) is 12.7. The average molecular weight is 293 g/mol. The van der Waals surface area contributed by atoms with Crippen molar-refractivity contribution in [3.8, 4) is 0 Å². The lowest BCUT2D eigenvalue weighted by Crippen LogP contribution is -2.36. The molecule has 2 aliphatic rings.